The highest BCUT2D eigenvalue weighted by molar-refractivity contribution is 6.31. The van der Waals surface area contributed by atoms with E-state index in [4.69, 9.17) is 9.47 Å². The topological polar surface area (TPSA) is 89.8 Å². The van der Waals surface area contributed by atoms with Gasteiger partial charge in [-0.15, -0.1) is 0 Å². The number of anilines is 1. The predicted molar refractivity (Wildman–Crippen MR) is 93.0 cm³/mol. The fraction of sp³-hybridized carbons (Fsp3) is 0.158. The zero-order valence-corrected chi connectivity index (χ0v) is 13.7. The highest BCUT2D eigenvalue weighted by Crippen LogP contribution is 2.34. The molecular formula is C19H16N2O5. The van der Waals surface area contributed by atoms with Gasteiger partial charge in [-0.3, -0.25) is 4.57 Å². The van der Waals surface area contributed by atoms with E-state index < -0.39 is 24.0 Å². The number of nitrogens with zero attached hydrogens (tertiary/aromatic N) is 1. The molecule has 2 heterocycles. The summed E-state index contributed by atoms with van der Waals surface area (Å²) in [6, 6.07) is 18.3. The van der Waals surface area contributed by atoms with E-state index in [1.165, 1.54) is 4.57 Å². The lowest BCUT2D eigenvalue weighted by molar-refractivity contribution is -0.263. The molecule has 1 unspecified atom stereocenters. The lowest BCUT2D eigenvalue weighted by Crippen LogP contribution is -2.49. The molecule has 1 aliphatic rings. The molecule has 0 spiro atoms. The predicted octanol–water partition coefficient (Wildman–Crippen LogP) is 1.82. The second-order valence-electron chi connectivity index (χ2n) is 5.92. The zero-order chi connectivity index (χ0) is 18.1. The molecule has 0 bridgehead atoms. The molecule has 1 saturated heterocycles. The van der Waals surface area contributed by atoms with E-state index in [-0.39, 0.29) is 6.54 Å². The van der Waals surface area contributed by atoms with Crippen molar-refractivity contribution in [2.45, 2.75) is 12.0 Å². The number of hydrogen-bond acceptors (Lipinski definition) is 6. The van der Waals surface area contributed by atoms with Crippen molar-refractivity contribution >= 4 is 28.5 Å². The van der Waals surface area contributed by atoms with Crippen LogP contribution < -0.4 is 5.32 Å². The minimum Gasteiger partial charge on any atom is -0.392 e. The third-order valence-electron chi connectivity index (χ3n) is 4.27. The van der Waals surface area contributed by atoms with E-state index >= 15 is 0 Å². The second kappa shape index (κ2) is 6.20. The number of esters is 2. The number of nitrogens with one attached hydrogen (secondary N) is 1. The maximum atomic E-state index is 11.8. The van der Waals surface area contributed by atoms with Gasteiger partial charge in [-0.05, 0) is 29.7 Å². The highest BCUT2D eigenvalue weighted by Gasteiger charge is 2.56. The van der Waals surface area contributed by atoms with Crippen molar-refractivity contribution in [2.75, 3.05) is 11.9 Å². The molecule has 1 aliphatic heterocycles. The Morgan fingerprint density at radius 3 is 2.35 bits per heavy atom. The van der Waals surface area contributed by atoms with Crippen LogP contribution in [0.25, 0.3) is 10.9 Å². The number of aliphatic hydroxyl groups is 1. The number of carbonyl (C=O) groups is 2. The molecule has 7 heteroatoms. The number of cyclic esters (lactones) is 2. The van der Waals surface area contributed by atoms with E-state index in [2.05, 4.69) is 5.32 Å². The number of aromatic nitrogens is 1. The van der Waals surface area contributed by atoms with Gasteiger partial charge in [0, 0.05) is 11.9 Å². The van der Waals surface area contributed by atoms with Crippen LogP contribution in [-0.4, -0.2) is 34.3 Å². The summed E-state index contributed by atoms with van der Waals surface area (Å²) in [5.41, 5.74) is 1.43. The van der Waals surface area contributed by atoms with Crippen LogP contribution in [0.1, 0.15) is 0 Å². The molecule has 0 radical (unpaired) electrons. The van der Waals surface area contributed by atoms with Crippen molar-refractivity contribution in [3.05, 3.63) is 66.9 Å². The van der Waals surface area contributed by atoms with E-state index in [9.17, 15) is 14.7 Å². The first kappa shape index (κ1) is 16.2. The van der Waals surface area contributed by atoms with Gasteiger partial charge in [0.2, 0.25) is 0 Å². The average molecular weight is 352 g/mol. The Morgan fingerprint density at radius 1 is 0.962 bits per heavy atom. The second-order valence-corrected chi connectivity index (χ2v) is 5.92. The molecule has 3 aromatic rings. The summed E-state index contributed by atoms with van der Waals surface area (Å²) in [5, 5.41) is 14.7. The molecule has 132 valence electrons. The maximum absolute atomic E-state index is 11.8. The van der Waals surface area contributed by atoms with Gasteiger partial charge in [0.05, 0.1) is 12.1 Å². The molecule has 2 N–H and O–H groups in total. The number of fused-ring (bicyclic) bond motifs is 1. The number of carbonyl (C=O) groups excluding carboxylic acids is 2. The molecule has 0 amide bonds. The minimum absolute atomic E-state index is 0.00290. The van der Waals surface area contributed by atoms with Gasteiger partial charge in [0.15, 0.2) is 6.10 Å². The third-order valence-corrected chi connectivity index (χ3v) is 4.27. The van der Waals surface area contributed by atoms with Crippen molar-refractivity contribution in [1.29, 1.82) is 0 Å². The first-order valence-corrected chi connectivity index (χ1v) is 8.10. The summed E-state index contributed by atoms with van der Waals surface area (Å²) in [6.07, 6.45) is 0.274. The van der Waals surface area contributed by atoms with Gasteiger partial charge < -0.3 is 19.9 Å². The standard InChI is InChI=1S/C19H16N2O5/c22-16(12-20-14-7-2-1-3-8-14)19(25-17(23)18(24)26-19)21-11-10-13-6-4-5-9-15(13)21/h1-11,16,20,22H,12H2. The summed E-state index contributed by atoms with van der Waals surface area (Å²) >= 11 is 0. The van der Waals surface area contributed by atoms with Crippen LogP contribution in [0.2, 0.25) is 0 Å². The molecule has 0 aliphatic carbocycles. The quantitative estimate of drug-likeness (QED) is 0.538. The van der Waals surface area contributed by atoms with E-state index in [0.29, 0.717) is 5.52 Å². The number of rotatable bonds is 5. The minimum atomic E-state index is -1.96. The smallest absolute Gasteiger partial charge is 0.392 e. The summed E-state index contributed by atoms with van der Waals surface area (Å²) in [4.78, 5) is 23.5. The van der Waals surface area contributed by atoms with Gasteiger partial charge in [-0.1, -0.05) is 36.4 Å². The van der Waals surface area contributed by atoms with Crippen LogP contribution >= 0.6 is 0 Å². The average Bonchev–Trinajstić information content (AvgIpc) is 3.23. The summed E-state index contributed by atoms with van der Waals surface area (Å²) in [6.45, 7) is -0.00290. The van der Waals surface area contributed by atoms with E-state index in [0.717, 1.165) is 11.1 Å². The van der Waals surface area contributed by atoms with Crippen LogP contribution in [-0.2, 0) is 25.0 Å². The maximum Gasteiger partial charge on any atom is 0.422 e. The largest absolute Gasteiger partial charge is 0.422 e. The van der Waals surface area contributed by atoms with Gasteiger partial charge in [-0.2, -0.15) is 0 Å². The Labute approximate surface area is 148 Å². The van der Waals surface area contributed by atoms with Crippen molar-refractivity contribution in [1.82, 2.24) is 4.57 Å². The first-order chi connectivity index (χ1) is 12.6. The fourth-order valence-corrected chi connectivity index (χ4v) is 3.02. The van der Waals surface area contributed by atoms with Crippen molar-refractivity contribution in [2.24, 2.45) is 0 Å². The number of benzene rings is 2. The molecule has 0 saturated carbocycles. The lowest BCUT2D eigenvalue weighted by Gasteiger charge is -2.32. The first-order valence-electron chi connectivity index (χ1n) is 8.10. The molecule has 2 aromatic carbocycles. The number of para-hydroxylation sites is 2. The van der Waals surface area contributed by atoms with Crippen molar-refractivity contribution in [3.8, 4) is 0 Å². The summed E-state index contributed by atoms with van der Waals surface area (Å²) in [5.74, 6) is -4.23. The molecule has 26 heavy (non-hydrogen) atoms. The molecule has 4 rings (SSSR count). The summed E-state index contributed by atoms with van der Waals surface area (Å²) < 4.78 is 11.9. The third kappa shape index (κ3) is 2.58. The van der Waals surface area contributed by atoms with Crippen LogP contribution in [0.5, 0.6) is 0 Å². The molecule has 1 aromatic heterocycles. The van der Waals surface area contributed by atoms with Gasteiger partial charge >= 0.3 is 17.8 Å². The van der Waals surface area contributed by atoms with Gasteiger partial charge in [-0.25, -0.2) is 9.59 Å². The van der Waals surface area contributed by atoms with Gasteiger partial charge in [0.1, 0.15) is 0 Å². The van der Waals surface area contributed by atoms with Crippen LogP contribution in [0, 0.1) is 0 Å². The Balaban J connectivity index is 1.70. The Hall–Kier alpha value is -3.32. The molecule has 1 atom stereocenters. The molecular weight excluding hydrogens is 336 g/mol. The Kier molecular flexibility index (Phi) is 3.85. The highest BCUT2D eigenvalue weighted by atomic mass is 16.8. The van der Waals surface area contributed by atoms with Crippen LogP contribution in [0.4, 0.5) is 5.69 Å². The fourth-order valence-electron chi connectivity index (χ4n) is 3.02. The Bertz CT molecular complexity index is 950. The van der Waals surface area contributed by atoms with Crippen molar-refractivity contribution in [3.63, 3.8) is 0 Å². The Morgan fingerprint density at radius 2 is 1.62 bits per heavy atom. The number of hydrogen-bond donors (Lipinski definition) is 2. The monoisotopic (exact) mass is 352 g/mol. The molecule has 7 nitrogen and oxygen atoms in total. The lowest BCUT2D eigenvalue weighted by atomic mass is 10.2. The van der Waals surface area contributed by atoms with E-state index in [1.807, 2.05) is 42.5 Å². The SMILES string of the molecule is O=C1OC(C(O)CNc2ccccc2)(n2ccc3ccccc32)OC1=O. The van der Waals surface area contributed by atoms with Crippen molar-refractivity contribution < 1.29 is 24.2 Å². The normalized spacial score (nSPS) is 17.0. The summed E-state index contributed by atoms with van der Waals surface area (Å²) in [7, 11) is 0. The van der Waals surface area contributed by atoms with E-state index in [1.54, 1.807) is 24.4 Å². The van der Waals surface area contributed by atoms with Crippen LogP contribution in [0.15, 0.2) is 66.9 Å². The molecule has 1 fully saturated rings. The number of aliphatic hydroxyl groups excluding tert-OH is 1. The van der Waals surface area contributed by atoms with Crippen LogP contribution in [0.3, 0.4) is 0 Å². The van der Waals surface area contributed by atoms with Gasteiger partial charge in [0.25, 0.3) is 0 Å². The zero-order valence-electron chi connectivity index (χ0n) is 13.7. The number of ether oxygens (including phenoxy) is 2.